The number of carbonyl (C=O) groups is 1. The molecule has 0 spiro atoms. The second-order valence-corrected chi connectivity index (χ2v) is 7.96. The molecule has 0 aliphatic carbocycles. The first-order valence-corrected chi connectivity index (χ1v) is 9.31. The minimum Gasteiger partial charge on any atom is -0.397 e. The highest BCUT2D eigenvalue weighted by Crippen LogP contribution is 2.38. The minimum absolute atomic E-state index is 0.151. The number of hydrogen-bond donors (Lipinski definition) is 2. The summed E-state index contributed by atoms with van der Waals surface area (Å²) in [4.78, 5) is 12.7. The van der Waals surface area contributed by atoms with Gasteiger partial charge < -0.3 is 11.1 Å². The lowest BCUT2D eigenvalue weighted by Crippen LogP contribution is -2.36. The number of halogens is 1. The van der Waals surface area contributed by atoms with Gasteiger partial charge in [-0.05, 0) is 19.1 Å². The van der Waals surface area contributed by atoms with Crippen molar-refractivity contribution >= 4 is 59.7 Å². The lowest BCUT2D eigenvalue weighted by Gasteiger charge is -2.11. The summed E-state index contributed by atoms with van der Waals surface area (Å²) in [5, 5.41) is 3.70. The number of nitrogens with one attached hydrogen (secondary N) is 1. The van der Waals surface area contributed by atoms with Crippen molar-refractivity contribution in [2.24, 2.45) is 0 Å². The van der Waals surface area contributed by atoms with E-state index in [2.05, 4.69) is 21.2 Å². The molecule has 108 valence electrons. The van der Waals surface area contributed by atoms with E-state index in [-0.39, 0.29) is 11.9 Å². The predicted octanol–water partition coefficient (Wildman–Crippen LogP) is 2.74. The van der Waals surface area contributed by atoms with Crippen LogP contribution in [0.3, 0.4) is 0 Å². The number of carbonyl (C=O) groups excluding carboxylic acids is 1. The molecule has 0 radical (unpaired) electrons. The molecule has 2 atom stereocenters. The molecule has 1 aromatic carbocycles. The predicted molar refractivity (Wildman–Crippen MR) is 89.8 cm³/mol. The normalized spacial score (nSPS) is 14.2. The molecule has 0 aliphatic heterocycles. The minimum atomic E-state index is -0.942. The zero-order valence-corrected chi connectivity index (χ0v) is 14.3. The Hall–Kier alpha value is -0.920. The molecule has 2 aromatic rings. The fraction of sp³-hybridized carbons (Fsp3) is 0.308. The summed E-state index contributed by atoms with van der Waals surface area (Å²) in [6.45, 7) is 1.83. The zero-order valence-electron chi connectivity index (χ0n) is 11.1. The smallest absolute Gasteiger partial charge is 0.263 e. The fourth-order valence-corrected chi connectivity index (χ4v) is 4.53. The van der Waals surface area contributed by atoms with Gasteiger partial charge in [-0.25, -0.2) is 0 Å². The molecule has 0 aliphatic rings. The van der Waals surface area contributed by atoms with Crippen molar-refractivity contribution in [2.75, 3.05) is 17.7 Å². The number of amides is 1. The second kappa shape index (κ2) is 6.24. The van der Waals surface area contributed by atoms with Gasteiger partial charge in [0.15, 0.2) is 0 Å². The maximum atomic E-state index is 12.2. The highest BCUT2D eigenvalue weighted by molar-refractivity contribution is 9.10. The second-order valence-electron chi connectivity index (χ2n) is 4.57. The summed E-state index contributed by atoms with van der Waals surface area (Å²) in [5.74, 6) is 0.216. The van der Waals surface area contributed by atoms with Crippen LogP contribution in [0.25, 0.3) is 10.1 Å². The number of thiophene rings is 1. The monoisotopic (exact) mass is 374 g/mol. The first kappa shape index (κ1) is 15.5. The van der Waals surface area contributed by atoms with Gasteiger partial charge in [0.25, 0.3) is 5.91 Å². The number of nitrogens with two attached hydrogens (primary N) is 1. The van der Waals surface area contributed by atoms with Crippen LogP contribution in [0, 0.1) is 0 Å². The van der Waals surface area contributed by atoms with Gasteiger partial charge in [0.2, 0.25) is 0 Å². The zero-order chi connectivity index (χ0) is 14.9. The van der Waals surface area contributed by atoms with Crippen LogP contribution >= 0.6 is 27.3 Å². The van der Waals surface area contributed by atoms with E-state index in [0.717, 1.165) is 14.6 Å². The van der Waals surface area contributed by atoms with Gasteiger partial charge in [0, 0.05) is 43.4 Å². The first-order valence-electron chi connectivity index (χ1n) is 5.97. The molecule has 0 saturated heterocycles. The molecule has 1 heterocycles. The Morgan fingerprint density at radius 3 is 2.85 bits per heavy atom. The van der Waals surface area contributed by atoms with E-state index < -0.39 is 10.8 Å². The third-order valence-corrected chi connectivity index (χ3v) is 5.57. The molecule has 1 amide bonds. The quantitative estimate of drug-likeness (QED) is 0.863. The lowest BCUT2D eigenvalue weighted by atomic mass is 10.2. The average molecular weight is 375 g/mol. The van der Waals surface area contributed by atoms with Crippen LogP contribution < -0.4 is 11.1 Å². The van der Waals surface area contributed by atoms with Crippen LogP contribution in [0.15, 0.2) is 22.7 Å². The molecule has 2 rings (SSSR count). The van der Waals surface area contributed by atoms with Gasteiger partial charge >= 0.3 is 0 Å². The number of hydrogen-bond acceptors (Lipinski definition) is 4. The molecule has 0 fully saturated rings. The third kappa shape index (κ3) is 3.21. The Labute approximate surface area is 132 Å². The van der Waals surface area contributed by atoms with E-state index in [9.17, 15) is 9.00 Å². The Bertz CT molecular complexity index is 684. The van der Waals surface area contributed by atoms with Gasteiger partial charge in [-0.15, -0.1) is 11.3 Å². The molecule has 1 aromatic heterocycles. The molecule has 3 N–H and O–H groups in total. The van der Waals surface area contributed by atoms with Crippen molar-refractivity contribution in [1.82, 2.24) is 5.32 Å². The van der Waals surface area contributed by atoms with Gasteiger partial charge in [0.05, 0.1) is 5.69 Å². The summed E-state index contributed by atoms with van der Waals surface area (Å²) < 4.78 is 13.0. The molecule has 20 heavy (non-hydrogen) atoms. The number of nitrogen functional groups attached to an aromatic ring is 1. The van der Waals surface area contributed by atoms with Crippen molar-refractivity contribution in [3.63, 3.8) is 0 Å². The fourth-order valence-electron chi connectivity index (χ4n) is 1.98. The average Bonchev–Trinajstić information content (AvgIpc) is 2.67. The van der Waals surface area contributed by atoms with E-state index in [1.54, 1.807) is 6.26 Å². The summed E-state index contributed by atoms with van der Waals surface area (Å²) in [6, 6.07) is 5.59. The number of fused-ring (bicyclic) bond motifs is 1. The Kier molecular flexibility index (Phi) is 4.82. The van der Waals surface area contributed by atoms with Crippen molar-refractivity contribution < 1.29 is 9.00 Å². The molecule has 0 saturated carbocycles. The maximum Gasteiger partial charge on any atom is 0.263 e. The summed E-state index contributed by atoms with van der Waals surface area (Å²) in [5.41, 5.74) is 6.56. The van der Waals surface area contributed by atoms with Crippen molar-refractivity contribution in [3.8, 4) is 0 Å². The molecular formula is C13H15BrN2O2S2. The SMILES string of the molecule is CC(CS(C)=O)NC(=O)c1sc2cccc(Br)c2c1N. The Balaban J connectivity index is 2.29. The van der Waals surface area contributed by atoms with Gasteiger partial charge in [-0.2, -0.15) is 0 Å². The molecule has 4 nitrogen and oxygen atoms in total. The van der Waals surface area contributed by atoms with Crippen LogP contribution in [0.1, 0.15) is 16.6 Å². The Morgan fingerprint density at radius 2 is 2.25 bits per heavy atom. The first-order chi connectivity index (χ1) is 9.40. The van der Waals surface area contributed by atoms with Crippen molar-refractivity contribution in [2.45, 2.75) is 13.0 Å². The van der Waals surface area contributed by atoms with E-state index in [1.165, 1.54) is 11.3 Å². The van der Waals surface area contributed by atoms with Crippen molar-refractivity contribution in [3.05, 3.63) is 27.5 Å². The lowest BCUT2D eigenvalue weighted by molar-refractivity contribution is 0.0948. The van der Waals surface area contributed by atoms with Crippen LogP contribution in [0.2, 0.25) is 0 Å². The highest BCUT2D eigenvalue weighted by atomic mass is 79.9. The van der Waals surface area contributed by atoms with Crippen LogP contribution in [0.5, 0.6) is 0 Å². The number of anilines is 1. The van der Waals surface area contributed by atoms with E-state index >= 15 is 0 Å². The van der Waals surface area contributed by atoms with Crippen molar-refractivity contribution in [1.29, 1.82) is 0 Å². The maximum absolute atomic E-state index is 12.2. The summed E-state index contributed by atoms with van der Waals surface area (Å²) >= 11 is 4.81. The number of rotatable bonds is 4. The van der Waals surface area contributed by atoms with E-state index in [0.29, 0.717) is 16.3 Å². The molecule has 7 heteroatoms. The number of benzene rings is 1. The van der Waals surface area contributed by atoms with E-state index in [4.69, 9.17) is 5.73 Å². The Morgan fingerprint density at radius 1 is 1.55 bits per heavy atom. The topological polar surface area (TPSA) is 72.2 Å². The summed E-state index contributed by atoms with van der Waals surface area (Å²) in [7, 11) is -0.942. The summed E-state index contributed by atoms with van der Waals surface area (Å²) in [6.07, 6.45) is 1.62. The van der Waals surface area contributed by atoms with Gasteiger partial charge in [-0.1, -0.05) is 22.0 Å². The highest BCUT2D eigenvalue weighted by Gasteiger charge is 2.19. The van der Waals surface area contributed by atoms with E-state index in [1.807, 2.05) is 25.1 Å². The largest absolute Gasteiger partial charge is 0.397 e. The molecular weight excluding hydrogens is 360 g/mol. The van der Waals surface area contributed by atoms with Gasteiger partial charge in [-0.3, -0.25) is 9.00 Å². The van der Waals surface area contributed by atoms with Crippen LogP contribution in [-0.2, 0) is 10.8 Å². The third-order valence-electron chi connectivity index (χ3n) is 2.77. The molecule has 0 bridgehead atoms. The molecule has 2 unspecified atom stereocenters. The van der Waals surface area contributed by atoms with Crippen LogP contribution in [0.4, 0.5) is 5.69 Å². The van der Waals surface area contributed by atoms with Crippen LogP contribution in [-0.4, -0.2) is 28.2 Å². The standard InChI is InChI=1S/C13H15BrN2O2S2/c1-7(6-20(2)18)16-13(17)12-11(15)10-8(14)4-3-5-9(10)19-12/h3-5,7H,6,15H2,1-2H3,(H,16,17). The van der Waals surface area contributed by atoms with Gasteiger partial charge in [0.1, 0.15) is 4.88 Å².